The van der Waals surface area contributed by atoms with E-state index in [1.807, 2.05) is 30.3 Å². The summed E-state index contributed by atoms with van der Waals surface area (Å²) in [5, 5.41) is 6.96. The molecule has 0 radical (unpaired) electrons. The van der Waals surface area contributed by atoms with E-state index >= 15 is 0 Å². The monoisotopic (exact) mass is 350 g/mol. The van der Waals surface area contributed by atoms with Gasteiger partial charge >= 0.3 is 0 Å². The molecule has 0 saturated heterocycles. The first-order valence-electron chi connectivity index (χ1n) is 5.87. The summed E-state index contributed by atoms with van der Waals surface area (Å²) in [7, 11) is 0. The van der Waals surface area contributed by atoms with Gasteiger partial charge in [-0.3, -0.25) is 0 Å². The average Bonchev–Trinajstić information content (AvgIpc) is 2.94. The van der Waals surface area contributed by atoms with Crippen LogP contribution in [0.15, 0.2) is 40.9 Å². The van der Waals surface area contributed by atoms with Crippen molar-refractivity contribution in [3.05, 3.63) is 46.6 Å². The molecule has 3 rings (SSSR count). The first-order chi connectivity index (χ1) is 9.79. The lowest BCUT2D eigenvalue weighted by molar-refractivity contribution is 0.300. The van der Waals surface area contributed by atoms with Gasteiger partial charge in [0.2, 0.25) is 0 Å². The van der Waals surface area contributed by atoms with Crippen LogP contribution in [0.3, 0.4) is 0 Å². The van der Waals surface area contributed by atoms with Gasteiger partial charge in [0.25, 0.3) is 0 Å². The minimum absolute atomic E-state index is 0.312. The van der Waals surface area contributed by atoms with Crippen LogP contribution in [0, 0.1) is 0 Å². The molecule has 3 aromatic rings. The summed E-state index contributed by atoms with van der Waals surface area (Å²) in [6.45, 7) is 0.312. The SMILES string of the molecule is NNc1snnc1COc1ccc2ccccc2c1Br. The third kappa shape index (κ3) is 2.47. The van der Waals surface area contributed by atoms with Gasteiger partial charge in [-0.05, 0) is 32.8 Å². The van der Waals surface area contributed by atoms with E-state index in [2.05, 4.69) is 37.0 Å². The van der Waals surface area contributed by atoms with E-state index in [9.17, 15) is 0 Å². The number of halogens is 1. The van der Waals surface area contributed by atoms with Gasteiger partial charge in [0.15, 0.2) is 5.00 Å². The number of aromatic nitrogens is 2. The molecular weight excluding hydrogens is 340 g/mol. The van der Waals surface area contributed by atoms with Crippen molar-refractivity contribution in [2.45, 2.75) is 6.61 Å². The molecule has 5 nitrogen and oxygen atoms in total. The molecule has 20 heavy (non-hydrogen) atoms. The molecule has 0 aliphatic carbocycles. The molecule has 102 valence electrons. The molecule has 7 heteroatoms. The van der Waals surface area contributed by atoms with E-state index in [0.717, 1.165) is 21.0 Å². The molecule has 0 aliphatic heterocycles. The second kappa shape index (κ2) is 5.74. The number of hydrogen-bond donors (Lipinski definition) is 2. The number of hydrazine groups is 1. The third-order valence-electron chi connectivity index (χ3n) is 2.88. The fourth-order valence-corrected chi connectivity index (χ4v) is 2.97. The molecule has 1 heterocycles. The topological polar surface area (TPSA) is 73.1 Å². The lowest BCUT2D eigenvalue weighted by Crippen LogP contribution is -2.08. The summed E-state index contributed by atoms with van der Waals surface area (Å²) in [6.07, 6.45) is 0. The highest BCUT2D eigenvalue weighted by atomic mass is 79.9. The number of hydrogen-bond acceptors (Lipinski definition) is 6. The summed E-state index contributed by atoms with van der Waals surface area (Å²) in [5.41, 5.74) is 3.25. The predicted octanol–water partition coefficient (Wildman–Crippen LogP) is 3.32. The van der Waals surface area contributed by atoms with Gasteiger partial charge in [-0.2, -0.15) is 0 Å². The van der Waals surface area contributed by atoms with Crippen molar-refractivity contribution in [2.75, 3.05) is 5.43 Å². The van der Waals surface area contributed by atoms with Crippen LogP contribution in [-0.4, -0.2) is 9.59 Å². The van der Waals surface area contributed by atoms with Crippen molar-refractivity contribution in [3.63, 3.8) is 0 Å². The molecule has 3 N–H and O–H groups in total. The van der Waals surface area contributed by atoms with Crippen molar-refractivity contribution >= 4 is 43.2 Å². The first kappa shape index (κ1) is 13.3. The molecule has 2 aromatic carbocycles. The molecule has 0 bridgehead atoms. The summed E-state index contributed by atoms with van der Waals surface area (Å²) in [5.74, 6) is 6.15. The molecule has 0 saturated carbocycles. The maximum Gasteiger partial charge on any atom is 0.150 e. The summed E-state index contributed by atoms with van der Waals surface area (Å²) < 4.78 is 10.6. The number of benzene rings is 2. The van der Waals surface area contributed by atoms with Crippen LogP contribution in [0.4, 0.5) is 5.00 Å². The molecule has 0 aliphatic rings. The summed E-state index contributed by atoms with van der Waals surface area (Å²) in [4.78, 5) is 0. The van der Waals surface area contributed by atoms with E-state index in [4.69, 9.17) is 10.6 Å². The molecule has 0 spiro atoms. The normalized spacial score (nSPS) is 10.7. The van der Waals surface area contributed by atoms with E-state index in [-0.39, 0.29) is 0 Å². The first-order valence-corrected chi connectivity index (χ1v) is 7.44. The zero-order chi connectivity index (χ0) is 13.9. The van der Waals surface area contributed by atoms with Crippen LogP contribution in [-0.2, 0) is 6.61 Å². The van der Waals surface area contributed by atoms with E-state index < -0.39 is 0 Å². The Balaban J connectivity index is 1.86. The van der Waals surface area contributed by atoms with Gasteiger partial charge in [-0.25, -0.2) is 5.84 Å². The third-order valence-corrected chi connectivity index (χ3v) is 4.40. The van der Waals surface area contributed by atoms with Crippen LogP contribution in [0.5, 0.6) is 5.75 Å². The number of nitrogen functional groups attached to an aromatic ring is 1. The Hall–Kier alpha value is -1.70. The highest BCUT2D eigenvalue weighted by molar-refractivity contribution is 9.10. The Bertz CT molecular complexity index is 746. The Morgan fingerprint density at radius 3 is 2.95 bits per heavy atom. The second-order valence-electron chi connectivity index (χ2n) is 4.08. The van der Waals surface area contributed by atoms with Gasteiger partial charge in [0.05, 0.1) is 4.47 Å². The van der Waals surface area contributed by atoms with E-state index in [1.54, 1.807) is 0 Å². The lowest BCUT2D eigenvalue weighted by Gasteiger charge is -2.09. The Labute approximate surface area is 128 Å². The number of ether oxygens (including phenoxy) is 1. The number of nitrogens with two attached hydrogens (primary N) is 1. The molecular formula is C13H11BrN4OS. The maximum absolute atomic E-state index is 5.79. The number of nitrogens with one attached hydrogen (secondary N) is 1. The predicted molar refractivity (Wildman–Crippen MR) is 83.7 cm³/mol. The highest BCUT2D eigenvalue weighted by Crippen LogP contribution is 2.33. The highest BCUT2D eigenvalue weighted by Gasteiger charge is 2.10. The fraction of sp³-hybridized carbons (Fsp3) is 0.0769. The smallest absolute Gasteiger partial charge is 0.150 e. The Morgan fingerprint density at radius 1 is 1.25 bits per heavy atom. The zero-order valence-electron chi connectivity index (χ0n) is 10.3. The fourth-order valence-electron chi connectivity index (χ4n) is 1.88. The van der Waals surface area contributed by atoms with Gasteiger partial charge in [-0.1, -0.05) is 34.8 Å². The number of anilines is 1. The van der Waals surface area contributed by atoms with Crippen molar-refractivity contribution in [1.82, 2.24) is 9.59 Å². The van der Waals surface area contributed by atoms with Crippen LogP contribution in [0.2, 0.25) is 0 Å². The van der Waals surface area contributed by atoms with Crippen LogP contribution < -0.4 is 16.0 Å². The largest absolute Gasteiger partial charge is 0.486 e. The minimum atomic E-state index is 0.312. The minimum Gasteiger partial charge on any atom is -0.486 e. The molecule has 0 atom stereocenters. The van der Waals surface area contributed by atoms with Gasteiger partial charge in [0, 0.05) is 11.5 Å². The van der Waals surface area contributed by atoms with Crippen molar-refractivity contribution in [3.8, 4) is 5.75 Å². The van der Waals surface area contributed by atoms with Crippen molar-refractivity contribution in [2.24, 2.45) is 5.84 Å². The van der Waals surface area contributed by atoms with Gasteiger partial charge < -0.3 is 10.2 Å². The van der Waals surface area contributed by atoms with Crippen LogP contribution in [0.25, 0.3) is 10.8 Å². The van der Waals surface area contributed by atoms with Gasteiger partial charge in [0.1, 0.15) is 18.1 Å². The van der Waals surface area contributed by atoms with Crippen molar-refractivity contribution in [1.29, 1.82) is 0 Å². The zero-order valence-corrected chi connectivity index (χ0v) is 12.7. The lowest BCUT2D eigenvalue weighted by atomic mass is 10.1. The average molecular weight is 351 g/mol. The van der Waals surface area contributed by atoms with E-state index in [0.29, 0.717) is 17.3 Å². The van der Waals surface area contributed by atoms with Gasteiger partial charge in [-0.15, -0.1) is 5.10 Å². The molecule has 0 amide bonds. The Kier molecular flexibility index (Phi) is 3.81. The van der Waals surface area contributed by atoms with Crippen molar-refractivity contribution < 1.29 is 4.74 Å². The Morgan fingerprint density at radius 2 is 2.10 bits per heavy atom. The molecule has 0 unspecified atom stereocenters. The summed E-state index contributed by atoms with van der Waals surface area (Å²) >= 11 is 4.79. The second-order valence-corrected chi connectivity index (χ2v) is 5.63. The van der Waals surface area contributed by atoms with E-state index in [1.165, 1.54) is 11.5 Å². The molecule has 1 aromatic heterocycles. The standard InChI is InChI=1S/C13H11BrN4OS/c14-12-9-4-2-1-3-8(9)5-6-11(12)19-7-10-13(16-15)20-18-17-10/h1-6,16H,7,15H2. The maximum atomic E-state index is 5.79. The quantitative estimate of drug-likeness (QED) is 0.557. The summed E-state index contributed by atoms with van der Waals surface area (Å²) in [6, 6.07) is 12.1. The number of rotatable bonds is 4. The molecule has 0 fully saturated rings. The number of nitrogens with zero attached hydrogens (tertiary/aromatic N) is 2. The van der Waals surface area contributed by atoms with Crippen LogP contribution in [0.1, 0.15) is 5.69 Å². The van der Waals surface area contributed by atoms with Crippen LogP contribution >= 0.6 is 27.5 Å². The number of fused-ring (bicyclic) bond motifs is 1.